The summed E-state index contributed by atoms with van der Waals surface area (Å²) in [6.45, 7) is 16.7. The molecule has 0 aliphatic heterocycles. The Labute approximate surface area is 138 Å². The lowest BCUT2D eigenvalue weighted by atomic mass is 10.1. The fourth-order valence-corrected chi connectivity index (χ4v) is 2.28. The van der Waals surface area contributed by atoms with E-state index in [1.54, 1.807) is 5.01 Å². The molecule has 0 aromatic heterocycles. The summed E-state index contributed by atoms with van der Waals surface area (Å²) in [6, 6.07) is 0.577. The maximum absolute atomic E-state index is 11.3. The van der Waals surface area contributed by atoms with Gasteiger partial charge in [-0.05, 0) is 32.8 Å². The van der Waals surface area contributed by atoms with E-state index >= 15 is 0 Å². The zero-order chi connectivity index (χ0) is 17.3. The molecule has 0 aliphatic carbocycles. The average molecular weight is 328 g/mol. The van der Waals surface area contributed by atoms with Crippen molar-refractivity contribution in [2.75, 3.05) is 19.6 Å². The summed E-state index contributed by atoms with van der Waals surface area (Å²) in [5, 5.41) is 4.68. The van der Waals surface area contributed by atoms with Crippen LogP contribution in [0.15, 0.2) is 23.9 Å². The second-order valence-corrected chi connectivity index (χ2v) is 6.80. The number of carbonyl (C=O) groups is 1. The van der Waals surface area contributed by atoms with Gasteiger partial charge in [0.15, 0.2) is 0 Å². The first kappa shape index (κ1) is 21.3. The SMILES string of the molecule is C=C(/C=C(/C=O)CN(N)CC(C)NP)N(CC(C)C)C(C)C. The van der Waals surface area contributed by atoms with Crippen LogP contribution in [0.1, 0.15) is 34.6 Å². The Morgan fingerprint density at radius 1 is 1.27 bits per heavy atom. The molecule has 3 N–H and O–H groups in total. The monoisotopic (exact) mass is 328 g/mol. The minimum absolute atomic E-state index is 0.235. The molecule has 0 radical (unpaired) electrons. The Balaban J connectivity index is 4.86. The number of rotatable bonds is 11. The summed E-state index contributed by atoms with van der Waals surface area (Å²) in [5.74, 6) is 6.49. The van der Waals surface area contributed by atoms with E-state index in [0.29, 0.717) is 30.6 Å². The molecular formula is C16H33N4OP. The Hall–Kier alpha value is -0.740. The van der Waals surface area contributed by atoms with Crippen molar-refractivity contribution in [3.05, 3.63) is 23.9 Å². The minimum Gasteiger partial charge on any atom is -0.369 e. The number of hydrogen-bond donors (Lipinski definition) is 2. The highest BCUT2D eigenvalue weighted by atomic mass is 31.0. The second-order valence-electron chi connectivity index (χ2n) is 6.47. The molecule has 0 rings (SSSR count). The molecule has 128 valence electrons. The molecule has 2 atom stereocenters. The van der Waals surface area contributed by atoms with Gasteiger partial charge in [0.25, 0.3) is 0 Å². The molecule has 0 aromatic carbocycles. The van der Waals surface area contributed by atoms with E-state index in [4.69, 9.17) is 5.84 Å². The first-order chi connectivity index (χ1) is 10.2. The third kappa shape index (κ3) is 8.64. The number of nitrogens with zero attached hydrogens (tertiary/aromatic N) is 2. The smallest absolute Gasteiger partial charge is 0.147 e. The van der Waals surface area contributed by atoms with Crippen LogP contribution in [0.3, 0.4) is 0 Å². The molecule has 0 amide bonds. The molecule has 0 saturated heterocycles. The number of nitrogens with two attached hydrogens (primary N) is 1. The number of carbonyl (C=O) groups excluding carboxylic acids is 1. The molecule has 0 aliphatic rings. The lowest BCUT2D eigenvalue weighted by Gasteiger charge is -2.31. The van der Waals surface area contributed by atoms with Crippen molar-refractivity contribution in [3.63, 3.8) is 0 Å². The summed E-state index contributed by atoms with van der Waals surface area (Å²) in [7, 11) is 2.47. The van der Waals surface area contributed by atoms with Crippen LogP contribution in [0, 0.1) is 5.92 Å². The Kier molecular flexibility index (Phi) is 10.5. The number of hydrazine groups is 1. The largest absolute Gasteiger partial charge is 0.369 e. The topological polar surface area (TPSA) is 61.6 Å². The fourth-order valence-electron chi connectivity index (χ4n) is 2.17. The van der Waals surface area contributed by atoms with Crippen LogP contribution in [0.5, 0.6) is 0 Å². The molecule has 0 spiro atoms. The van der Waals surface area contributed by atoms with Gasteiger partial charge in [-0.25, -0.2) is 5.01 Å². The molecular weight excluding hydrogens is 295 g/mol. The highest BCUT2D eigenvalue weighted by Gasteiger charge is 2.13. The van der Waals surface area contributed by atoms with Gasteiger partial charge in [0.05, 0.1) is 0 Å². The van der Waals surface area contributed by atoms with Gasteiger partial charge in [0.2, 0.25) is 0 Å². The average Bonchev–Trinajstić information content (AvgIpc) is 2.42. The van der Waals surface area contributed by atoms with Crippen molar-refractivity contribution in [3.8, 4) is 0 Å². The van der Waals surface area contributed by atoms with Gasteiger partial charge >= 0.3 is 0 Å². The van der Waals surface area contributed by atoms with Crippen LogP contribution in [0.4, 0.5) is 0 Å². The van der Waals surface area contributed by atoms with E-state index in [-0.39, 0.29) is 6.04 Å². The molecule has 2 unspecified atom stereocenters. The van der Waals surface area contributed by atoms with E-state index in [9.17, 15) is 4.79 Å². The quantitative estimate of drug-likeness (QED) is 0.152. The van der Waals surface area contributed by atoms with Crippen molar-refractivity contribution in [2.45, 2.75) is 46.7 Å². The van der Waals surface area contributed by atoms with Crippen molar-refractivity contribution in [1.29, 1.82) is 0 Å². The third-order valence-electron chi connectivity index (χ3n) is 3.24. The summed E-state index contributed by atoms with van der Waals surface area (Å²) >= 11 is 0. The van der Waals surface area contributed by atoms with Gasteiger partial charge < -0.3 is 4.90 Å². The van der Waals surface area contributed by atoms with Crippen LogP contribution < -0.4 is 10.9 Å². The predicted octanol–water partition coefficient (Wildman–Crippen LogP) is 1.94. The Bertz CT molecular complexity index is 382. The standard InChI is InChI=1S/C16H33N4OP/c1-12(2)8-20(13(3)4)15(6)7-16(11-21)10-19(17)9-14(5)18-22/h7,11-14,18H,6,8-10,17,22H2,1-5H3/b16-7+. The molecule has 0 heterocycles. The molecule has 22 heavy (non-hydrogen) atoms. The lowest BCUT2D eigenvalue weighted by molar-refractivity contribution is -0.105. The first-order valence-corrected chi connectivity index (χ1v) is 8.36. The van der Waals surface area contributed by atoms with Crippen LogP contribution in [-0.2, 0) is 4.79 Å². The van der Waals surface area contributed by atoms with Crippen molar-refractivity contribution >= 4 is 15.7 Å². The van der Waals surface area contributed by atoms with Crippen LogP contribution in [0.2, 0.25) is 0 Å². The van der Waals surface area contributed by atoms with Gasteiger partial charge in [-0.15, -0.1) is 0 Å². The molecule has 0 aromatic rings. The van der Waals surface area contributed by atoms with E-state index in [2.05, 4.69) is 53.7 Å². The van der Waals surface area contributed by atoms with Crippen LogP contribution >= 0.6 is 9.39 Å². The Morgan fingerprint density at radius 3 is 2.27 bits per heavy atom. The molecule has 0 saturated carbocycles. The summed E-state index contributed by atoms with van der Waals surface area (Å²) < 4.78 is 0. The number of aldehydes is 1. The molecule has 0 fully saturated rings. The Morgan fingerprint density at radius 2 is 1.86 bits per heavy atom. The number of allylic oxidation sites excluding steroid dienone is 1. The van der Waals surface area contributed by atoms with E-state index in [1.165, 1.54) is 0 Å². The van der Waals surface area contributed by atoms with Gasteiger partial charge in [-0.2, -0.15) is 0 Å². The van der Waals surface area contributed by atoms with Crippen molar-refractivity contribution in [1.82, 2.24) is 15.0 Å². The third-order valence-corrected chi connectivity index (χ3v) is 3.81. The van der Waals surface area contributed by atoms with Crippen molar-refractivity contribution < 1.29 is 4.79 Å². The highest BCUT2D eigenvalue weighted by molar-refractivity contribution is 7.13. The molecule has 6 heteroatoms. The van der Waals surface area contributed by atoms with Crippen molar-refractivity contribution in [2.24, 2.45) is 11.8 Å². The minimum atomic E-state index is 0.235. The zero-order valence-electron chi connectivity index (χ0n) is 14.7. The maximum atomic E-state index is 11.3. The van der Waals surface area contributed by atoms with E-state index in [1.807, 2.05) is 13.0 Å². The summed E-state index contributed by atoms with van der Waals surface area (Å²) in [5.41, 5.74) is 1.49. The first-order valence-electron chi connectivity index (χ1n) is 7.78. The second kappa shape index (κ2) is 10.9. The number of hydrogen-bond acceptors (Lipinski definition) is 5. The maximum Gasteiger partial charge on any atom is 0.147 e. The number of nitrogens with one attached hydrogen (secondary N) is 1. The van der Waals surface area contributed by atoms with Crippen LogP contribution in [0.25, 0.3) is 0 Å². The van der Waals surface area contributed by atoms with Gasteiger partial charge in [0, 0.05) is 43.0 Å². The lowest BCUT2D eigenvalue weighted by Crippen LogP contribution is -2.41. The van der Waals surface area contributed by atoms with Crippen LogP contribution in [-0.4, -0.2) is 47.9 Å². The highest BCUT2D eigenvalue weighted by Crippen LogP contribution is 2.14. The predicted molar refractivity (Wildman–Crippen MR) is 98.0 cm³/mol. The molecule has 0 bridgehead atoms. The normalized spacial score (nSPS) is 13.8. The van der Waals surface area contributed by atoms with Gasteiger partial charge in [0.1, 0.15) is 6.29 Å². The fraction of sp³-hybridized carbons (Fsp3) is 0.688. The van der Waals surface area contributed by atoms with E-state index < -0.39 is 0 Å². The zero-order valence-corrected chi connectivity index (χ0v) is 15.8. The van der Waals surface area contributed by atoms with E-state index in [0.717, 1.165) is 18.5 Å². The molecule has 5 nitrogen and oxygen atoms in total. The summed E-state index contributed by atoms with van der Waals surface area (Å²) in [4.78, 5) is 13.5. The van der Waals surface area contributed by atoms with Gasteiger partial charge in [-0.1, -0.05) is 29.8 Å². The van der Waals surface area contributed by atoms with Gasteiger partial charge in [-0.3, -0.25) is 15.7 Å². The summed E-state index contributed by atoms with van der Waals surface area (Å²) in [6.07, 6.45) is 2.70.